The van der Waals surface area contributed by atoms with E-state index in [2.05, 4.69) is 5.32 Å². The van der Waals surface area contributed by atoms with Crippen molar-refractivity contribution in [1.29, 1.82) is 0 Å². The Balaban J connectivity index is 2.10. The van der Waals surface area contributed by atoms with Crippen molar-refractivity contribution >= 4 is 41.1 Å². The second-order valence-electron chi connectivity index (χ2n) is 4.52. The van der Waals surface area contributed by atoms with Crippen LogP contribution in [0.25, 0.3) is 0 Å². The van der Waals surface area contributed by atoms with E-state index in [1.165, 1.54) is 6.92 Å². The molecule has 0 bridgehead atoms. The molecule has 2 rings (SSSR count). The van der Waals surface area contributed by atoms with Crippen molar-refractivity contribution in [1.82, 2.24) is 10.2 Å². The van der Waals surface area contributed by atoms with E-state index in [9.17, 15) is 18.8 Å². The second kappa shape index (κ2) is 6.50. The number of hydrogen-bond donors (Lipinski definition) is 1. The minimum atomic E-state index is -1.22. The molecule has 1 heterocycles. The first kappa shape index (κ1) is 16.5. The number of carbonyl (C=O) groups excluding carboxylic acids is 3. The van der Waals surface area contributed by atoms with Crippen molar-refractivity contribution in [2.24, 2.45) is 0 Å². The maximum atomic E-state index is 13.4. The first-order valence-electron chi connectivity index (χ1n) is 6.26. The zero-order valence-corrected chi connectivity index (χ0v) is 12.9. The van der Waals surface area contributed by atoms with E-state index in [1.807, 2.05) is 0 Å². The molecular weight excluding hydrogens is 338 g/mol. The molecule has 22 heavy (non-hydrogen) atoms. The predicted octanol–water partition coefficient (Wildman–Crippen LogP) is 2.23. The monoisotopic (exact) mass is 348 g/mol. The highest BCUT2D eigenvalue weighted by Crippen LogP contribution is 2.25. The largest absolute Gasteiger partial charge is 0.449 e. The van der Waals surface area contributed by atoms with Crippen LogP contribution in [0.2, 0.25) is 10.0 Å². The van der Waals surface area contributed by atoms with Crippen LogP contribution in [-0.4, -0.2) is 42.0 Å². The molecule has 1 aromatic rings. The zero-order valence-electron chi connectivity index (χ0n) is 11.4. The van der Waals surface area contributed by atoms with Crippen LogP contribution in [0.4, 0.5) is 9.18 Å². The van der Waals surface area contributed by atoms with Crippen molar-refractivity contribution < 1.29 is 23.5 Å². The van der Waals surface area contributed by atoms with E-state index in [1.54, 1.807) is 0 Å². The van der Waals surface area contributed by atoms with Gasteiger partial charge < -0.3 is 10.1 Å². The van der Waals surface area contributed by atoms with Crippen molar-refractivity contribution in [2.75, 3.05) is 13.1 Å². The highest BCUT2D eigenvalue weighted by Gasteiger charge is 2.32. The van der Waals surface area contributed by atoms with E-state index in [-0.39, 0.29) is 22.2 Å². The number of rotatable bonds is 3. The van der Waals surface area contributed by atoms with Gasteiger partial charge in [-0.15, -0.1) is 0 Å². The lowest BCUT2D eigenvalue weighted by molar-refractivity contribution is -0.136. The number of nitrogens with one attached hydrogen (secondary N) is 1. The van der Waals surface area contributed by atoms with Gasteiger partial charge in [-0.1, -0.05) is 23.2 Å². The normalized spacial score (nSPS) is 15.5. The molecule has 118 valence electrons. The summed E-state index contributed by atoms with van der Waals surface area (Å²) in [5.41, 5.74) is -0.255. The van der Waals surface area contributed by atoms with Gasteiger partial charge in [-0.2, -0.15) is 0 Å². The molecule has 9 heteroatoms. The van der Waals surface area contributed by atoms with Crippen molar-refractivity contribution in [2.45, 2.75) is 13.0 Å². The molecule has 1 aliphatic rings. The molecule has 1 saturated heterocycles. The Morgan fingerprint density at radius 2 is 2.05 bits per heavy atom. The van der Waals surface area contributed by atoms with Gasteiger partial charge in [-0.25, -0.2) is 14.0 Å². The van der Waals surface area contributed by atoms with Crippen molar-refractivity contribution in [3.8, 4) is 0 Å². The number of carbonyl (C=O) groups is 3. The lowest BCUT2D eigenvalue weighted by Crippen LogP contribution is -2.41. The molecular formula is C13H11Cl2FN2O4. The molecule has 1 fully saturated rings. The number of halogens is 3. The van der Waals surface area contributed by atoms with E-state index in [0.717, 1.165) is 17.0 Å². The third-order valence-corrected chi connectivity index (χ3v) is 3.59. The van der Waals surface area contributed by atoms with Crippen LogP contribution in [0.15, 0.2) is 12.1 Å². The highest BCUT2D eigenvalue weighted by molar-refractivity contribution is 6.36. The summed E-state index contributed by atoms with van der Waals surface area (Å²) in [6.45, 7) is 1.83. The maximum absolute atomic E-state index is 13.4. The van der Waals surface area contributed by atoms with Crippen LogP contribution in [0.1, 0.15) is 17.3 Å². The second-order valence-corrected chi connectivity index (χ2v) is 5.33. The SMILES string of the molecule is C[C@H](OC(=O)c1cc(F)c(Cl)cc1Cl)C(=O)N1CCNC1=O. The molecule has 1 N–H and O–H groups in total. The summed E-state index contributed by atoms with van der Waals surface area (Å²) in [6, 6.07) is 1.34. The van der Waals surface area contributed by atoms with Crippen LogP contribution >= 0.6 is 23.2 Å². The molecule has 0 aliphatic carbocycles. The van der Waals surface area contributed by atoms with E-state index < -0.39 is 29.8 Å². The number of hydrogen-bond acceptors (Lipinski definition) is 4. The van der Waals surface area contributed by atoms with Gasteiger partial charge in [0.25, 0.3) is 5.91 Å². The third kappa shape index (κ3) is 3.31. The summed E-state index contributed by atoms with van der Waals surface area (Å²) in [4.78, 5) is 36.3. The number of ether oxygens (including phenoxy) is 1. The third-order valence-electron chi connectivity index (χ3n) is 2.98. The number of urea groups is 1. The molecule has 0 spiro atoms. The number of imide groups is 1. The van der Waals surface area contributed by atoms with Crippen molar-refractivity contribution in [3.63, 3.8) is 0 Å². The Morgan fingerprint density at radius 3 is 2.64 bits per heavy atom. The van der Waals surface area contributed by atoms with Gasteiger partial charge in [0, 0.05) is 13.1 Å². The summed E-state index contributed by atoms with van der Waals surface area (Å²) in [6.07, 6.45) is -1.22. The topological polar surface area (TPSA) is 75.7 Å². The van der Waals surface area contributed by atoms with E-state index >= 15 is 0 Å². The fourth-order valence-electron chi connectivity index (χ4n) is 1.85. The van der Waals surface area contributed by atoms with Crippen molar-refractivity contribution in [3.05, 3.63) is 33.6 Å². The van der Waals surface area contributed by atoms with E-state index in [4.69, 9.17) is 27.9 Å². The lowest BCUT2D eigenvalue weighted by Gasteiger charge is -2.18. The predicted molar refractivity (Wildman–Crippen MR) is 76.4 cm³/mol. The summed E-state index contributed by atoms with van der Waals surface area (Å²) in [7, 11) is 0. The number of nitrogens with zero attached hydrogens (tertiary/aromatic N) is 1. The summed E-state index contributed by atoms with van der Waals surface area (Å²) < 4.78 is 18.3. The quantitative estimate of drug-likeness (QED) is 0.671. The maximum Gasteiger partial charge on any atom is 0.340 e. The molecule has 3 amide bonds. The van der Waals surface area contributed by atoms with Crippen LogP contribution < -0.4 is 5.32 Å². The fraction of sp³-hybridized carbons (Fsp3) is 0.308. The average molecular weight is 349 g/mol. The number of benzene rings is 1. The first-order chi connectivity index (χ1) is 10.3. The molecule has 1 atom stereocenters. The Hall–Kier alpha value is -1.86. The van der Waals surface area contributed by atoms with Crippen LogP contribution in [0.3, 0.4) is 0 Å². The lowest BCUT2D eigenvalue weighted by atomic mass is 10.2. The smallest absolute Gasteiger partial charge is 0.340 e. The van der Waals surface area contributed by atoms with Gasteiger partial charge in [0.1, 0.15) is 5.82 Å². The number of esters is 1. The van der Waals surface area contributed by atoms with Gasteiger partial charge in [0.15, 0.2) is 6.10 Å². The van der Waals surface area contributed by atoms with Gasteiger partial charge >= 0.3 is 12.0 Å². The Morgan fingerprint density at radius 1 is 1.36 bits per heavy atom. The van der Waals surface area contributed by atoms with Gasteiger partial charge in [-0.05, 0) is 19.1 Å². The molecule has 1 aliphatic heterocycles. The molecule has 6 nitrogen and oxygen atoms in total. The van der Waals surface area contributed by atoms with Gasteiger partial charge in [0.2, 0.25) is 0 Å². The summed E-state index contributed by atoms with van der Waals surface area (Å²) in [5, 5.41) is 2.11. The van der Waals surface area contributed by atoms with Gasteiger partial charge in [-0.3, -0.25) is 9.69 Å². The Labute approximate surface area is 135 Å². The summed E-state index contributed by atoms with van der Waals surface area (Å²) >= 11 is 11.3. The van der Waals surface area contributed by atoms with Gasteiger partial charge in [0.05, 0.1) is 15.6 Å². The summed E-state index contributed by atoms with van der Waals surface area (Å²) in [5.74, 6) is -2.49. The van der Waals surface area contributed by atoms with Crippen LogP contribution in [-0.2, 0) is 9.53 Å². The average Bonchev–Trinajstić information content (AvgIpc) is 2.87. The Bertz CT molecular complexity index is 653. The molecule has 0 radical (unpaired) electrons. The highest BCUT2D eigenvalue weighted by atomic mass is 35.5. The molecule has 0 unspecified atom stereocenters. The first-order valence-corrected chi connectivity index (χ1v) is 7.01. The van der Waals surface area contributed by atoms with E-state index in [0.29, 0.717) is 6.54 Å². The molecule has 1 aromatic carbocycles. The minimum absolute atomic E-state index is 0.102. The van der Waals surface area contributed by atoms with Crippen LogP contribution in [0, 0.1) is 5.82 Å². The zero-order chi connectivity index (χ0) is 16.4. The minimum Gasteiger partial charge on any atom is -0.449 e. The number of amides is 3. The standard InChI is InChI=1S/C13H11Cl2FN2O4/c1-6(11(19)18-3-2-17-13(18)21)22-12(20)7-4-10(16)9(15)5-8(7)14/h4-6H,2-3H2,1H3,(H,17,21)/t6-/m0/s1. The van der Waals surface area contributed by atoms with Crippen LogP contribution in [0.5, 0.6) is 0 Å². The molecule has 0 saturated carbocycles. The molecule has 0 aromatic heterocycles. The fourth-order valence-corrected chi connectivity index (χ4v) is 2.32. The Kier molecular flexibility index (Phi) is 4.87.